The number of rotatable bonds is 4. The van der Waals surface area contributed by atoms with E-state index in [4.69, 9.17) is 9.73 Å². The molecule has 2 atom stereocenters. The second-order valence-corrected chi connectivity index (χ2v) is 10.5. The highest BCUT2D eigenvalue weighted by Crippen LogP contribution is 2.50. The Balaban J connectivity index is 1.71. The summed E-state index contributed by atoms with van der Waals surface area (Å²) in [7, 11) is 0. The Morgan fingerprint density at radius 2 is 1.63 bits per heavy atom. The largest absolute Gasteiger partial charge is 0.489 e. The van der Waals surface area contributed by atoms with Crippen molar-refractivity contribution in [2.24, 2.45) is 16.3 Å². The topological polar surface area (TPSA) is 59.0 Å². The highest BCUT2D eigenvalue weighted by atomic mass is 19.4. The van der Waals surface area contributed by atoms with Crippen molar-refractivity contribution >= 4 is 28.8 Å². The van der Waals surface area contributed by atoms with Crippen LogP contribution in [0.25, 0.3) is 0 Å². The lowest BCUT2D eigenvalue weighted by atomic mass is 9.68. The number of carbonyl (C=O) groups excluding carboxylic acids is 2. The highest BCUT2D eigenvalue weighted by molar-refractivity contribution is 6.13. The molecule has 8 heteroatoms. The van der Waals surface area contributed by atoms with E-state index in [1.807, 2.05) is 44.2 Å². The molecule has 0 radical (unpaired) electrons. The minimum Gasteiger partial charge on any atom is -0.489 e. The number of hydrogen-bond acceptors (Lipinski definition) is 4. The fraction of sp³-hybridized carbons (Fsp3) is 0.300. The molecule has 0 N–H and O–H groups in total. The van der Waals surface area contributed by atoms with Gasteiger partial charge in [-0.05, 0) is 35.6 Å². The van der Waals surface area contributed by atoms with Crippen LogP contribution in [0.1, 0.15) is 43.9 Å². The number of anilines is 1. The molecule has 0 aromatic heterocycles. The first-order valence-corrected chi connectivity index (χ1v) is 12.4. The van der Waals surface area contributed by atoms with E-state index in [1.165, 1.54) is 6.07 Å². The molecule has 1 aliphatic carbocycles. The molecule has 1 aliphatic heterocycles. The van der Waals surface area contributed by atoms with Gasteiger partial charge in [0, 0.05) is 17.7 Å². The summed E-state index contributed by atoms with van der Waals surface area (Å²) in [5.74, 6) is -3.06. The van der Waals surface area contributed by atoms with Gasteiger partial charge in [-0.15, -0.1) is 0 Å². The van der Waals surface area contributed by atoms with Crippen molar-refractivity contribution < 1.29 is 27.5 Å². The molecular weight excluding hydrogens is 493 g/mol. The first kappa shape index (κ1) is 25.7. The molecule has 2 unspecified atom stereocenters. The van der Waals surface area contributed by atoms with Crippen molar-refractivity contribution in [3.8, 4) is 5.75 Å². The number of hydrogen-bond donors (Lipinski definition) is 0. The summed E-state index contributed by atoms with van der Waals surface area (Å²) in [6.07, 6.45) is -4.60. The summed E-state index contributed by atoms with van der Waals surface area (Å²) in [4.78, 5) is 32.2. The lowest BCUT2D eigenvalue weighted by Crippen LogP contribution is -2.50. The number of ether oxygens (including phenoxy) is 1. The van der Waals surface area contributed by atoms with E-state index in [0.29, 0.717) is 28.3 Å². The summed E-state index contributed by atoms with van der Waals surface area (Å²) in [6.45, 7) is 4.04. The predicted octanol–water partition coefficient (Wildman–Crippen LogP) is 6.99. The van der Waals surface area contributed by atoms with Gasteiger partial charge in [-0.3, -0.25) is 19.5 Å². The zero-order valence-corrected chi connectivity index (χ0v) is 21.0. The Morgan fingerprint density at radius 1 is 0.974 bits per heavy atom. The molecule has 5 rings (SSSR count). The zero-order chi connectivity index (χ0) is 27.1. The van der Waals surface area contributed by atoms with Crippen molar-refractivity contribution in [2.75, 3.05) is 4.90 Å². The van der Waals surface area contributed by atoms with Gasteiger partial charge in [0.25, 0.3) is 0 Å². The van der Waals surface area contributed by atoms with Gasteiger partial charge >= 0.3 is 12.1 Å². The molecule has 0 spiro atoms. The van der Waals surface area contributed by atoms with Crippen LogP contribution in [-0.2, 0) is 16.2 Å². The molecule has 5 nitrogen and oxygen atoms in total. The van der Waals surface area contributed by atoms with Crippen molar-refractivity contribution in [1.82, 2.24) is 0 Å². The fourth-order valence-electron chi connectivity index (χ4n) is 5.40. The molecule has 3 aromatic rings. The van der Waals surface area contributed by atoms with E-state index in [1.54, 1.807) is 42.5 Å². The first-order valence-electron chi connectivity index (χ1n) is 12.4. The molecular formula is C30H27F3N2O3. The van der Waals surface area contributed by atoms with Crippen LogP contribution < -0.4 is 9.64 Å². The van der Waals surface area contributed by atoms with Crippen molar-refractivity contribution in [3.63, 3.8) is 0 Å². The molecule has 0 bridgehead atoms. The van der Waals surface area contributed by atoms with Gasteiger partial charge in [-0.25, -0.2) is 0 Å². The number of alkyl halides is 3. The summed E-state index contributed by atoms with van der Waals surface area (Å²) < 4.78 is 48.5. The van der Waals surface area contributed by atoms with Gasteiger partial charge in [-0.1, -0.05) is 74.5 Å². The summed E-state index contributed by atoms with van der Waals surface area (Å²) >= 11 is 0. The smallest absolute Gasteiger partial charge is 0.471 e. The number of fused-ring (bicyclic) bond motifs is 2. The van der Waals surface area contributed by atoms with E-state index in [0.717, 1.165) is 5.56 Å². The number of carbonyl (C=O) groups is 2. The minimum atomic E-state index is -5.17. The van der Waals surface area contributed by atoms with Crippen LogP contribution in [-0.4, -0.2) is 23.6 Å². The maximum atomic E-state index is 14.1. The second-order valence-electron chi connectivity index (χ2n) is 10.5. The van der Waals surface area contributed by atoms with E-state index in [-0.39, 0.29) is 30.2 Å². The third-order valence-corrected chi connectivity index (χ3v) is 6.95. The molecule has 1 heterocycles. The molecule has 38 heavy (non-hydrogen) atoms. The van der Waals surface area contributed by atoms with Gasteiger partial charge in [0.1, 0.15) is 18.1 Å². The van der Waals surface area contributed by atoms with Crippen LogP contribution in [0.2, 0.25) is 0 Å². The highest BCUT2D eigenvalue weighted by Gasteiger charge is 2.53. The van der Waals surface area contributed by atoms with E-state index >= 15 is 0 Å². The quantitative estimate of drug-likeness (QED) is 0.372. The average Bonchev–Trinajstić information content (AvgIpc) is 3.00. The van der Waals surface area contributed by atoms with Gasteiger partial charge in [0.15, 0.2) is 0 Å². The summed E-state index contributed by atoms with van der Waals surface area (Å²) in [5, 5.41) is 0. The van der Waals surface area contributed by atoms with Crippen LogP contribution in [0.4, 0.5) is 24.5 Å². The monoisotopic (exact) mass is 520 g/mol. The predicted molar refractivity (Wildman–Crippen MR) is 139 cm³/mol. The molecule has 1 saturated carbocycles. The van der Waals surface area contributed by atoms with Crippen LogP contribution in [0, 0.1) is 11.3 Å². The number of Topliss-reactive ketones (excluding diaryl/α,β-unsaturated/α-hetero) is 1. The van der Waals surface area contributed by atoms with Gasteiger partial charge in [0.2, 0.25) is 0 Å². The Morgan fingerprint density at radius 3 is 2.37 bits per heavy atom. The third-order valence-electron chi connectivity index (χ3n) is 6.95. The third kappa shape index (κ3) is 4.95. The normalized spacial score (nSPS) is 20.6. The number of halogens is 3. The molecule has 1 amide bonds. The van der Waals surface area contributed by atoms with E-state index in [9.17, 15) is 22.8 Å². The lowest BCUT2D eigenvalue weighted by molar-refractivity contribution is -0.171. The van der Waals surface area contributed by atoms with Crippen molar-refractivity contribution in [3.05, 3.63) is 90.0 Å². The lowest BCUT2D eigenvalue weighted by Gasteiger charge is -2.41. The maximum absolute atomic E-state index is 14.1. The molecule has 196 valence electrons. The Bertz CT molecular complexity index is 1400. The number of para-hydroxylation sites is 3. The second kappa shape index (κ2) is 9.74. The van der Waals surface area contributed by atoms with Crippen molar-refractivity contribution in [2.45, 2.75) is 45.5 Å². The first-order chi connectivity index (χ1) is 18.0. The molecule has 0 saturated heterocycles. The number of amides is 1. The standard InChI is InChI=1S/C30H27F3N2O3/c1-29(2)16-22-26(24(36)17-29)27(20-12-6-9-15-25(20)38-18-19-10-4-3-5-11-19)35(28(37)30(31,32)33)23-14-8-7-13-21(23)34-22/h3-15,26-27H,16-18H2,1-2H3. The van der Waals surface area contributed by atoms with Gasteiger partial charge in [-0.2, -0.15) is 13.2 Å². The van der Waals surface area contributed by atoms with Crippen LogP contribution in [0.3, 0.4) is 0 Å². The zero-order valence-electron chi connectivity index (χ0n) is 21.0. The molecule has 3 aromatic carbocycles. The van der Waals surface area contributed by atoms with Crippen molar-refractivity contribution in [1.29, 1.82) is 0 Å². The van der Waals surface area contributed by atoms with E-state index < -0.39 is 29.5 Å². The SMILES string of the molecule is CC1(C)CC(=O)C2C(=Nc3ccccc3N(C(=O)C(F)(F)F)C2c2ccccc2OCc2ccccc2)C1. The summed E-state index contributed by atoms with van der Waals surface area (Å²) in [5.41, 5.74) is 1.47. The molecule has 1 fully saturated rings. The number of nitrogens with zero attached hydrogens (tertiary/aromatic N) is 2. The number of ketones is 1. The van der Waals surface area contributed by atoms with Crippen LogP contribution in [0.15, 0.2) is 83.9 Å². The average molecular weight is 521 g/mol. The molecule has 2 aliphatic rings. The minimum absolute atomic E-state index is 0.00481. The summed E-state index contributed by atoms with van der Waals surface area (Å²) in [6, 6.07) is 21.0. The van der Waals surface area contributed by atoms with Gasteiger partial charge < -0.3 is 4.74 Å². The van der Waals surface area contributed by atoms with Crippen LogP contribution in [0.5, 0.6) is 5.75 Å². The Kier molecular flexibility index (Phi) is 6.59. The number of benzene rings is 3. The fourth-order valence-corrected chi connectivity index (χ4v) is 5.40. The number of aliphatic imine (C=N–C) groups is 1. The van der Waals surface area contributed by atoms with Gasteiger partial charge in [0.05, 0.1) is 23.3 Å². The van der Waals surface area contributed by atoms with Crippen LogP contribution >= 0.6 is 0 Å². The Labute approximate surface area is 219 Å². The van der Waals surface area contributed by atoms with E-state index in [2.05, 4.69) is 0 Å². The maximum Gasteiger partial charge on any atom is 0.471 e. The Hall–Kier alpha value is -3.94.